The number of nitrogens with zero attached hydrogens (tertiary/aromatic N) is 6. The summed E-state index contributed by atoms with van der Waals surface area (Å²) in [6, 6.07) is 10.8. The van der Waals surface area contributed by atoms with Crippen molar-refractivity contribution < 1.29 is 8.78 Å². The minimum absolute atomic E-state index is 0.000869. The molecule has 12 heteroatoms. The molecule has 0 aliphatic rings. The molecule has 0 bridgehead atoms. The van der Waals surface area contributed by atoms with Crippen molar-refractivity contribution in [2.45, 2.75) is 13.3 Å². The lowest BCUT2D eigenvalue weighted by Crippen LogP contribution is -2.14. The Kier molecular flexibility index (Phi) is 6.15. The maximum absolute atomic E-state index is 14.3. The van der Waals surface area contributed by atoms with Gasteiger partial charge in [-0.25, -0.2) is 18.7 Å². The van der Waals surface area contributed by atoms with E-state index in [0.29, 0.717) is 33.8 Å². The summed E-state index contributed by atoms with van der Waals surface area (Å²) in [6.45, 7) is 1.75. The molecule has 0 atom stereocenters. The zero-order valence-electron chi connectivity index (χ0n) is 18.7. The molecule has 4 aromatic heterocycles. The quantitative estimate of drug-likeness (QED) is 0.311. The van der Waals surface area contributed by atoms with Crippen LogP contribution < -0.4 is 11.5 Å². The van der Waals surface area contributed by atoms with Gasteiger partial charge in [0.05, 0.1) is 17.4 Å². The second kappa shape index (κ2) is 9.29. The Morgan fingerprint density at radius 3 is 2.42 bits per heavy atom. The molecule has 0 saturated carbocycles. The number of halogens is 4. The van der Waals surface area contributed by atoms with E-state index in [1.165, 1.54) is 16.8 Å². The van der Waals surface area contributed by atoms with Crippen LogP contribution in [0.25, 0.3) is 17.0 Å². The highest BCUT2D eigenvalue weighted by Gasteiger charge is 2.24. The van der Waals surface area contributed by atoms with Gasteiger partial charge in [-0.15, -0.1) is 0 Å². The first-order valence-electron chi connectivity index (χ1n) is 10.6. The van der Waals surface area contributed by atoms with Gasteiger partial charge in [0, 0.05) is 29.5 Å². The van der Waals surface area contributed by atoms with Gasteiger partial charge in [-0.1, -0.05) is 47.5 Å². The van der Waals surface area contributed by atoms with Crippen molar-refractivity contribution in [2.75, 3.05) is 11.5 Å². The molecule has 4 N–H and O–H groups in total. The number of pyridine rings is 2. The number of nitrogen functional groups attached to an aromatic ring is 2. The third kappa shape index (κ3) is 4.29. The van der Waals surface area contributed by atoms with Gasteiger partial charge in [-0.2, -0.15) is 19.7 Å². The summed E-state index contributed by atoms with van der Waals surface area (Å²) < 4.78 is 29.7. The molecular weight excluding hydrogens is 509 g/mol. The van der Waals surface area contributed by atoms with E-state index < -0.39 is 11.6 Å². The fraction of sp³-hybridized carbons (Fsp3) is 0.0833. The highest BCUT2D eigenvalue weighted by Crippen LogP contribution is 2.35. The summed E-state index contributed by atoms with van der Waals surface area (Å²) >= 11 is 12.1. The molecule has 0 spiro atoms. The summed E-state index contributed by atoms with van der Waals surface area (Å²) in [4.78, 5) is 16.9. The number of anilines is 2. The molecule has 0 aliphatic carbocycles. The second-order valence-corrected chi connectivity index (χ2v) is 8.66. The molecular formula is C24H17Cl2F2N8. The first-order chi connectivity index (χ1) is 17.2. The highest BCUT2D eigenvalue weighted by molar-refractivity contribution is 6.33. The van der Waals surface area contributed by atoms with Crippen LogP contribution in [0.3, 0.4) is 0 Å². The lowest BCUT2D eigenvalue weighted by molar-refractivity contribution is 0.613. The number of hydrogen-bond acceptors (Lipinski definition) is 7. The van der Waals surface area contributed by atoms with Gasteiger partial charge in [-0.05, 0) is 24.6 Å². The van der Waals surface area contributed by atoms with Crippen LogP contribution >= 0.6 is 23.2 Å². The van der Waals surface area contributed by atoms with Crippen molar-refractivity contribution in [3.05, 3.63) is 98.9 Å². The molecule has 0 fully saturated rings. The van der Waals surface area contributed by atoms with Crippen molar-refractivity contribution >= 4 is 45.9 Å². The van der Waals surface area contributed by atoms with Crippen LogP contribution in [-0.2, 0) is 6.42 Å². The van der Waals surface area contributed by atoms with Crippen molar-refractivity contribution in [1.82, 2.24) is 29.7 Å². The molecule has 0 amide bonds. The van der Waals surface area contributed by atoms with E-state index in [0.717, 1.165) is 6.20 Å². The molecule has 36 heavy (non-hydrogen) atoms. The van der Waals surface area contributed by atoms with Gasteiger partial charge in [-0.3, -0.25) is 0 Å². The van der Waals surface area contributed by atoms with E-state index in [2.05, 4.69) is 25.0 Å². The predicted molar refractivity (Wildman–Crippen MR) is 134 cm³/mol. The number of aromatic nitrogens is 6. The topological polar surface area (TPSA) is 121 Å². The van der Waals surface area contributed by atoms with Crippen LogP contribution in [-0.4, -0.2) is 29.7 Å². The third-order valence-corrected chi connectivity index (χ3v) is 6.11. The van der Waals surface area contributed by atoms with Crippen LogP contribution in [0, 0.1) is 17.6 Å². The van der Waals surface area contributed by atoms with Crippen LogP contribution in [0.15, 0.2) is 48.7 Å². The van der Waals surface area contributed by atoms with Crippen molar-refractivity contribution in [1.29, 1.82) is 0 Å². The van der Waals surface area contributed by atoms with Crippen molar-refractivity contribution in [3.8, 4) is 5.95 Å². The second-order valence-electron chi connectivity index (χ2n) is 7.91. The fourth-order valence-corrected chi connectivity index (χ4v) is 4.40. The smallest absolute Gasteiger partial charge is 0.255 e. The Labute approximate surface area is 213 Å². The Hall–Kier alpha value is -3.89. The lowest BCUT2D eigenvalue weighted by Gasteiger charge is -2.17. The number of rotatable bonds is 5. The Morgan fingerprint density at radius 1 is 1.00 bits per heavy atom. The fourth-order valence-electron chi connectivity index (χ4n) is 3.92. The van der Waals surface area contributed by atoms with Gasteiger partial charge in [0.1, 0.15) is 39.1 Å². The summed E-state index contributed by atoms with van der Waals surface area (Å²) in [5, 5.41) is 4.91. The minimum atomic E-state index is -0.590. The van der Waals surface area contributed by atoms with Gasteiger partial charge in [0.25, 0.3) is 5.95 Å². The summed E-state index contributed by atoms with van der Waals surface area (Å²) in [5.74, 6) is -0.303. The van der Waals surface area contributed by atoms with Gasteiger partial charge in [0.2, 0.25) is 0 Å². The molecule has 1 aromatic carbocycles. The van der Waals surface area contributed by atoms with E-state index >= 15 is 0 Å². The van der Waals surface area contributed by atoms with Crippen LogP contribution in [0.2, 0.25) is 10.3 Å². The van der Waals surface area contributed by atoms with E-state index in [-0.39, 0.29) is 39.8 Å². The summed E-state index contributed by atoms with van der Waals surface area (Å²) in [7, 11) is 0. The first kappa shape index (κ1) is 23.8. The Bertz CT molecular complexity index is 1600. The largest absolute Gasteiger partial charge is 0.383 e. The molecule has 0 saturated heterocycles. The zero-order valence-corrected chi connectivity index (χ0v) is 20.2. The molecule has 5 aromatic rings. The molecule has 8 nitrogen and oxygen atoms in total. The third-order valence-electron chi connectivity index (χ3n) is 5.61. The predicted octanol–water partition coefficient (Wildman–Crippen LogP) is 4.94. The minimum Gasteiger partial charge on any atom is -0.383 e. The Balaban J connectivity index is 1.61. The maximum Gasteiger partial charge on any atom is 0.255 e. The van der Waals surface area contributed by atoms with Crippen LogP contribution in [0.4, 0.5) is 20.4 Å². The summed E-state index contributed by atoms with van der Waals surface area (Å²) in [6.07, 6.45) is 1.18. The summed E-state index contributed by atoms with van der Waals surface area (Å²) in [5.41, 5.74) is 14.9. The van der Waals surface area contributed by atoms with E-state index in [1.54, 1.807) is 37.3 Å². The van der Waals surface area contributed by atoms with Gasteiger partial charge in [0.15, 0.2) is 0 Å². The average Bonchev–Trinajstić information content (AvgIpc) is 3.17. The SMILES string of the molecule is C[C](c1ccc(Cl)nc1Cl)c1c(N)nc(-n2nc(Cc3ccccc3F)c3ncc(F)cc32)nc1N. The van der Waals surface area contributed by atoms with E-state index in [4.69, 9.17) is 34.7 Å². The molecule has 0 aliphatic heterocycles. The lowest BCUT2D eigenvalue weighted by atomic mass is 9.95. The molecule has 1 radical (unpaired) electrons. The van der Waals surface area contributed by atoms with Crippen LogP contribution in [0.5, 0.6) is 0 Å². The number of nitrogens with two attached hydrogens (primary N) is 2. The van der Waals surface area contributed by atoms with E-state index in [9.17, 15) is 8.78 Å². The van der Waals surface area contributed by atoms with Gasteiger partial charge < -0.3 is 11.5 Å². The standard InChI is InChI=1S/C24H17Cl2F2N8/c1-11(14-6-7-18(25)32-21(14)26)19-22(29)33-24(34-23(19)30)36-17-9-13(27)10-31-20(17)16(35-36)8-12-4-2-3-5-15(12)28/h2-7,9-10H,8H2,1H3,(H4,29,30,33,34). The first-order valence-corrected chi connectivity index (χ1v) is 11.3. The maximum atomic E-state index is 14.3. The number of benzene rings is 1. The monoisotopic (exact) mass is 525 g/mol. The molecule has 5 rings (SSSR count). The van der Waals surface area contributed by atoms with E-state index in [1.807, 2.05) is 0 Å². The normalized spacial score (nSPS) is 11.5. The number of hydrogen-bond donors (Lipinski definition) is 2. The van der Waals surface area contributed by atoms with Crippen molar-refractivity contribution in [3.63, 3.8) is 0 Å². The zero-order chi connectivity index (χ0) is 25.6. The van der Waals surface area contributed by atoms with Crippen molar-refractivity contribution in [2.24, 2.45) is 0 Å². The average molecular weight is 526 g/mol. The van der Waals surface area contributed by atoms with Crippen LogP contribution in [0.1, 0.15) is 29.3 Å². The van der Waals surface area contributed by atoms with Gasteiger partial charge >= 0.3 is 0 Å². The molecule has 4 heterocycles. The highest BCUT2D eigenvalue weighted by atomic mass is 35.5. The number of fused-ring (bicyclic) bond motifs is 1. The Morgan fingerprint density at radius 2 is 1.72 bits per heavy atom. The molecule has 181 valence electrons. The molecule has 0 unspecified atom stereocenters.